The molecule has 2 saturated heterocycles. The first kappa shape index (κ1) is 9.51. The van der Waals surface area contributed by atoms with E-state index in [9.17, 15) is 13.6 Å². The van der Waals surface area contributed by atoms with Crippen LogP contribution in [0.3, 0.4) is 0 Å². The number of carbonyl (C=O) groups is 1. The molecule has 15 heavy (non-hydrogen) atoms. The number of rotatable bonds is 1. The molecule has 2 aliphatic heterocycles. The third kappa shape index (κ3) is 1.16. The van der Waals surface area contributed by atoms with Crippen molar-refractivity contribution in [3.63, 3.8) is 0 Å². The number of carbonyl (C=O) groups excluding carboxylic acids is 1. The number of likely N-dealkylation sites (tertiary alicyclic amines) is 1. The van der Waals surface area contributed by atoms with Crippen LogP contribution in [0, 0.1) is 17.3 Å². The van der Waals surface area contributed by atoms with Crippen LogP contribution < -0.4 is 5.32 Å². The largest absolute Gasteiger partial charge is 0.330 e. The van der Waals surface area contributed by atoms with Crippen molar-refractivity contribution in [2.24, 2.45) is 17.3 Å². The van der Waals surface area contributed by atoms with Crippen LogP contribution in [0.15, 0.2) is 0 Å². The van der Waals surface area contributed by atoms with E-state index in [2.05, 4.69) is 12.2 Å². The van der Waals surface area contributed by atoms with Gasteiger partial charge in [-0.25, -0.2) is 8.78 Å². The van der Waals surface area contributed by atoms with Gasteiger partial charge in [-0.05, 0) is 17.9 Å². The van der Waals surface area contributed by atoms with E-state index in [0.717, 1.165) is 13.1 Å². The lowest BCUT2D eigenvalue weighted by atomic mass is 10.0. The van der Waals surface area contributed by atoms with Crippen molar-refractivity contribution in [1.82, 2.24) is 10.2 Å². The first-order valence-electron chi connectivity index (χ1n) is 5.31. The Morgan fingerprint density at radius 3 is 2.60 bits per heavy atom. The van der Waals surface area contributed by atoms with Crippen molar-refractivity contribution in [3.8, 4) is 0 Å². The van der Waals surface area contributed by atoms with E-state index in [1.165, 1.54) is 4.90 Å². The molecule has 3 fully saturated rings. The molecule has 1 N–H and O–H groups in total. The predicted octanol–water partition coefficient (Wildman–Crippen LogP) is 0.319. The Kier molecular flexibility index (Phi) is 1.59. The second-order valence-corrected chi connectivity index (χ2v) is 5.27. The van der Waals surface area contributed by atoms with E-state index < -0.39 is 5.92 Å². The second kappa shape index (κ2) is 2.51. The van der Waals surface area contributed by atoms with Crippen LogP contribution in [0.2, 0.25) is 0 Å². The molecule has 1 amide bonds. The highest BCUT2D eigenvalue weighted by molar-refractivity contribution is 5.84. The summed E-state index contributed by atoms with van der Waals surface area (Å²) in [4.78, 5) is 13.2. The van der Waals surface area contributed by atoms with Crippen LogP contribution in [0.4, 0.5) is 8.78 Å². The fourth-order valence-corrected chi connectivity index (χ4v) is 3.07. The summed E-state index contributed by atoms with van der Waals surface area (Å²) in [6.07, 6.45) is 0. The Morgan fingerprint density at radius 2 is 2.13 bits per heavy atom. The van der Waals surface area contributed by atoms with Gasteiger partial charge in [0.2, 0.25) is 5.91 Å². The summed E-state index contributed by atoms with van der Waals surface area (Å²) in [5.41, 5.74) is 0.0436. The molecule has 3 aliphatic rings. The zero-order valence-electron chi connectivity index (χ0n) is 8.59. The van der Waals surface area contributed by atoms with E-state index in [1.807, 2.05) is 0 Å². The van der Waals surface area contributed by atoms with Gasteiger partial charge in [0.05, 0.1) is 13.1 Å². The average Bonchev–Trinajstić information content (AvgIpc) is 2.47. The molecule has 0 aromatic rings. The number of nitrogens with one attached hydrogen (secondary N) is 1. The first-order chi connectivity index (χ1) is 6.94. The molecular formula is C10H14F2N2O. The van der Waals surface area contributed by atoms with Gasteiger partial charge < -0.3 is 10.2 Å². The normalized spacial score (nSPS) is 45.9. The van der Waals surface area contributed by atoms with Crippen molar-refractivity contribution >= 4 is 5.91 Å². The lowest BCUT2D eigenvalue weighted by Crippen LogP contribution is -2.59. The number of hydrogen-bond donors (Lipinski definition) is 1. The molecular weight excluding hydrogens is 202 g/mol. The van der Waals surface area contributed by atoms with Gasteiger partial charge in [0.25, 0.3) is 5.92 Å². The van der Waals surface area contributed by atoms with E-state index in [-0.39, 0.29) is 30.3 Å². The second-order valence-electron chi connectivity index (χ2n) is 5.27. The minimum atomic E-state index is -2.64. The third-order valence-electron chi connectivity index (χ3n) is 4.14. The number of alkyl halides is 2. The van der Waals surface area contributed by atoms with Crippen LogP contribution >= 0.6 is 0 Å². The van der Waals surface area contributed by atoms with Gasteiger partial charge >= 0.3 is 0 Å². The highest BCUT2D eigenvalue weighted by Crippen LogP contribution is 2.61. The summed E-state index contributed by atoms with van der Waals surface area (Å²) in [6.45, 7) is 3.02. The molecule has 3 atom stereocenters. The van der Waals surface area contributed by atoms with Crippen LogP contribution in [0.25, 0.3) is 0 Å². The molecule has 1 saturated carbocycles. The van der Waals surface area contributed by atoms with Crippen molar-refractivity contribution in [3.05, 3.63) is 0 Å². The lowest BCUT2D eigenvalue weighted by molar-refractivity contribution is -0.168. The van der Waals surface area contributed by atoms with E-state index >= 15 is 0 Å². The standard InChI is InChI=1S/C10H14F2N2O/c1-9-3-13-2-6(9)7(9)8(15)14-4-10(11,12)5-14/h6-7,13H,2-5H2,1H3/t6-,7+,9-/m0/s1. The number of piperidine rings is 1. The van der Waals surface area contributed by atoms with Gasteiger partial charge in [-0.2, -0.15) is 0 Å². The van der Waals surface area contributed by atoms with Crippen LogP contribution in [0.5, 0.6) is 0 Å². The highest BCUT2D eigenvalue weighted by Gasteiger charge is 2.68. The van der Waals surface area contributed by atoms with Crippen LogP contribution in [0.1, 0.15) is 6.92 Å². The average molecular weight is 216 g/mol. The molecule has 0 aromatic heterocycles. The molecule has 2 heterocycles. The Hall–Kier alpha value is -0.710. The molecule has 84 valence electrons. The minimum Gasteiger partial charge on any atom is -0.330 e. The van der Waals surface area contributed by atoms with Gasteiger partial charge in [-0.1, -0.05) is 6.92 Å². The predicted molar refractivity (Wildman–Crippen MR) is 49.5 cm³/mol. The number of fused-ring (bicyclic) bond motifs is 1. The van der Waals surface area contributed by atoms with Gasteiger partial charge in [0.15, 0.2) is 0 Å². The van der Waals surface area contributed by atoms with Crippen molar-refractivity contribution < 1.29 is 13.6 Å². The molecule has 5 heteroatoms. The Balaban J connectivity index is 1.64. The molecule has 0 unspecified atom stereocenters. The molecule has 1 aliphatic carbocycles. The van der Waals surface area contributed by atoms with Gasteiger partial charge in [0.1, 0.15) is 0 Å². The van der Waals surface area contributed by atoms with Crippen LogP contribution in [-0.2, 0) is 4.79 Å². The molecule has 3 nitrogen and oxygen atoms in total. The van der Waals surface area contributed by atoms with Crippen molar-refractivity contribution in [2.75, 3.05) is 26.2 Å². The zero-order chi connectivity index (χ0) is 10.8. The molecule has 0 radical (unpaired) electrons. The SMILES string of the molecule is C[C@]12CNC[C@H]1[C@@H]2C(=O)N1CC(F)(F)C1. The van der Waals surface area contributed by atoms with Gasteiger partial charge in [-0.15, -0.1) is 0 Å². The van der Waals surface area contributed by atoms with E-state index in [0.29, 0.717) is 5.92 Å². The molecule has 0 spiro atoms. The summed E-state index contributed by atoms with van der Waals surface area (Å²) in [5, 5.41) is 3.22. The van der Waals surface area contributed by atoms with E-state index in [1.54, 1.807) is 0 Å². The maximum Gasteiger partial charge on any atom is 0.282 e. The van der Waals surface area contributed by atoms with Gasteiger partial charge in [0, 0.05) is 12.5 Å². The summed E-state index contributed by atoms with van der Waals surface area (Å²) in [7, 11) is 0. The van der Waals surface area contributed by atoms with Crippen LogP contribution in [-0.4, -0.2) is 42.9 Å². The van der Waals surface area contributed by atoms with E-state index in [4.69, 9.17) is 0 Å². The Morgan fingerprint density at radius 1 is 1.47 bits per heavy atom. The highest BCUT2D eigenvalue weighted by atomic mass is 19.3. The zero-order valence-corrected chi connectivity index (χ0v) is 8.59. The summed E-state index contributed by atoms with van der Waals surface area (Å²) < 4.78 is 25.2. The quantitative estimate of drug-likeness (QED) is 0.684. The third-order valence-corrected chi connectivity index (χ3v) is 4.14. The van der Waals surface area contributed by atoms with Crippen molar-refractivity contribution in [2.45, 2.75) is 12.8 Å². The maximum atomic E-state index is 12.6. The fourth-order valence-electron chi connectivity index (χ4n) is 3.07. The Labute approximate surface area is 86.8 Å². The summed E-state index contributed by atoms with van der Waals surface area (Å²) in [6, 6.07) is 0. The maximum absolute atomic E-state index is 12.6. The number of halogens is 2. The Bertz CT molecular complexity index is 325. The number of nitrogens with zero attached hydrogens (tertiary/aromatic N) is 1. The number of amides is 1. The lowest BCUT2D eigenvalue weighted by Gasteiger charge is -2.39. The fraction of sp³-hybridized carbons (Fsp3) is 0.900. The topological polar surface area (TPSA) is 32.3 Å². The monoisotopic (exact) mass is 216 g/mol. The number of hydrogen-bond acceptors (Lipinski definition) is 2. The first-order valence-corrected chi connectivity index (χ1v) is 5.31. The molecule has 0 aromatic carbocycles. The van der Waals surface area contributed by atoms with Gasteiger partial charge in [-0.3, -0.25) is 4.79 Å². The minimum absolute atomic E-state index is 0.00477. The molecule has 0 bridgehead atoms. The van der Waals surface area contributed by atoms with Crippen molar-refractivity contribution in [1.29, 1.82) is 0 Å². The summed E-state index contributed by atoms with van der Waals surface area (Å²) in [5.74, 6) is -2.33. The summed E-state index contributed by atoms with van der Waals surface area (Å²) >= 11 is 0. The smallest absolute Gasteiger partial charge is 0.282 e. The molecule has 3 rings (SSSR count).